The van der Waals surface area contributed by atoms with Gasteiger partial charge in [-0.25, -0.2) is 0 Å². The number of ether oxygens (including phenoxy) is 2. The van der Waals surface area contributed by atoms with Crippen LogP contribution in [-0.4, -0.2) is 33.3 Å². The zero-order chi connectivity index (χ0) is 17.9. The maximum Gasteiger partial charge on any atom is 0.191 e. The van der Waals surface area contributed by atoms with Crippen LogP contribution in [0.25, 0.3) is 0 Å². The Bertz CT molecular complexity index is 642. The summed E-state index contributed by atoms with van der Waals surface area (Å²) in [5.74, 6) is 2.47. The van der Waals surface area contributed by atoms with Crippen LogP contribution in [0.15, 0.2) is 59.6 Å². The van der Waals surface area contributed by atoms with E-state index in [2.05, 4.69) is 34.7 Å². The van der Waals surface area contributed by atoms with E-state index in [9.17, 15) is 0 Å². The first-order chi connectivity index (χ1) is 12.2. The van der Waals surface area contributed by atoms with Crippen LogP contribution in [0, 0.1) is 0 Å². The summed E-state index contributed by atoms with van der Waals surface area (Å²) < 4.78 is 10.8. The monoisotopic (exact) mass is 341 g/mol. The predicted molar refractivity (Wildman–Crippen MR) is 102 cm³/mol. The first-order valence-corrected chi connectivity index (χ1v) is 8.52. The largest absolute Gasteiger partial charge is 0.497 e. The molecule has 2 aromatic carbocycles. The number of methoxy groups -OCH3 is 1. The molecule has 0 aromatic heterocycles. The number of nitrogens with one attached hydrogen (secondary N) is 2. The van der Waals surface area contributed by atoms with Crippen molar-refractivity contribution in [3.8, 4) is 11.5 Å². The zero-order valence-corrected chi connectivity index (χ0v) is 15.2. The predicted octanol–water partition coefficient (Wildman–Crippen LogP) is 3.39. The lowest BCUT2D eigenvalue weighted by Crippen LogP contribution is -2.39. The first-order valence-electron chi connectivity index (χ1n) is 8.52. The van der Waals surface area contributed by atoms with Crippen molar-refractivity contribution in [1.29, 1.82) is 0 Å². The lowest BCUT2D eigenvalue weighted by Gasteiger charge is -2.18. The standard InChI is InChI=1S/C20H27N3O2/c1-16(17-8-5-4-6-9-17)23-20(21-2)22-14-7-15-25-19-12-10-18(24-3)11-13-19/h4-6,8-13,16H,7,14-15H2,1-3H3,(H2,21,22,23). The molecule has 5 nitrogen and oxygen atoms in total. The summed E-state index contributed by atoms with van der Waals surface area (Å²) in [5, 5.41) is 6.70. The summed E-state index contributed by atoms with van der Waals surface area (Å²) in [6.45, 7) is 3.55. The van der Waals surface area contributed by atoms with Gasteiger partial charge in [-0.1, -0.05) is 30.3 Å². The second-order valence-electron chi connectivity index (χ2n) is 5.65. The molecule has 0 aliphatic heterocycles. The Labute approximate surface area is 150 Å². The maximum atomic E-state index is 5.72. The summed E-state index contributed by atoms with van der Waals surface area (Å²) in [7, 11) is 3.43. The molecule has 0 saturated carbocycles. The topological polar surface area (TPSA) is 54.9 Å². The van der Waals surface area contributed by atoms with Crippen LogP contribution in [0.4, 0.5) is 0 Å². The molecule has 0 amide bonds. The smallest absolute Gasteiger partial charge is 0.191 e. The van der Waals surface area contributed by atoms with Crippen molar-refractivity contribution >= 4 is 5.96 Å². The van der Waals surface area contributed by atoms with Gasteiger partial charge in [-0.2, -0.15) is 0 Å². The molecule has 0 fully saturated rings. The van der Waals surface area contributed by atoms with Crippen molar-refractivity contribution < 1.29 is 9.47 Å². The number of guanidine groups is 1. The normalized spacial score (nSPS) is 12.4. The molecule has 0 bridgehead atoms. The van der Waals surface area contributed by atoms with Gasteiger partial charge in [0.2, 0.25) is 0 Å². The van der Waals surface area contributed by atoms with Crippen LogP contribution in [0.3, 0.4) is 0 Å². The Balaban J connectivity index is 1.67. The molecule has 1 atom stereocenters. The third-order valence-electron chi connectivity index (χ3n) is 3.82. The summed E-state index contributed by atoms with van der Waals surface area (Å²) in [6, 6.07) is 18.1. The molecule has 25 heavy (non-hydrogen) atoms. The van der Waals surface area contributed by atoms with Gasteiger partial charge in [0.1, 0.15) is 11.5 Å². The maximum absolute atomic E-state index is 5.72. The number of rotatable bonds is 8. The van der Waals surface area contributed by atoms with Gasteiger partial charge >= 0.3 is 0 Å². The first kappa shape index (κ1) is 18.6. The minimum Gasteiger partial charge on any atom is -0.497 e. The lowest BCUT2D eigenvalue weighted by atomic mass is 10.1. The Kier molecular flexibility index (Phi) is 7.63. The lowest BCUT2D eigenvalue weighted by molar-refractivity contribution is 0.310. The Morgan fingerprint density at radius 2 is 1.72 bits per heavy atom. The average Bonchev–Trinajstić information content (AvgIpc) is 2.67. The number of aliphatic imine (C=N–C) groups is 1. The van der Waals surface area contributed by atoms with Crippen LogP contribution in [0.2, 0.25) is 0 Å². The summed E-state index contributed by atoms with van der Waals surface area (Å²) >= 11 is 0. The zero-order valence-electron chi connectivity index (χ0n) is 15.2. The quantitative estimate of drug-likeness (QED) is 0.439. The van der Waals surface area contributed by atoms with Crippen molar-refractivity contribution in [2.24, 2.45) is 4.99 Å². The van der Waals surface area contributed by atoms with Gasteiger partial charge in [0.15, 0.2) is 5.96 Å². The van der Waals surface area contributed by atoms with Gasteiger partial charge in [-0.3, -0.25) is 4.99 Å². The molecule has 0 radical (unpaired) electrons. The molecule has 0 aliphatic carbocycles. The fourth-order valence-corrected chi connectivity index (χ4v) is 2.37. The van der Waals surface area contributed by atoms with Crippen LogP contribution < -0.4 is 20.1 Å². The van der Waals surface area contributed by atoms with E-state index in [-0.39, 0.29) is 6.04 Å². The van der Waals surface area contributed by atoms with Crippen LogP contribution in [-0.2, 0) is 0 Å². The SMILES string of the molecule is CN=C(NCCCOc1ccc(OC)cc1)NC(C)c1ccccc1. The Morgan fingerprint density at radius 1 is 1.04 bits per heavy atom. The molecule has 2 rings (SSSR count). The summed E-state index contributed by atoms with van der Waals surface area (Å²) in [4.78, 5) is 4.27. The number of benzene rings is 2. The van der Waals surface area contributed by atoms with Gasteiger partial charge in [-0.15, -0.1) is 0 Å². The number of hydrogen-bond acceptors (Lipinski definition) is 3. The van der Waals surface area contributed by atoms with Crippen molar-refractivity contribution in [1.82, 2.24) is 10.6 Å². The van der Waals surface area contributed by atoms with Crippen LogP contribution >= 0.6 is 0 Å². The molecule has 0 heterocycles. The van der Waals surface area contributed by atoms with E-state index in [0.29, 0.717) is 6.61 Å². The fourth-order valence-electron chi connectivity index (χ4n) is 2.37. The number of nitrogens with zero attached hydrogens (tertiary/aromatic N) is 1. The molecule has 134 valence electrons. The fraction of sp³-hybridized carbons (Fsp3) is 0.350. The van der Waals surface area contributed by atoms with E-state index in [4.69, 9.17) is 9.47 Å². The van der Waals surface area contributed by atoms with E-state index in [1.54, 1.807) is 14.2 Å². The van der Waals surface area contributed by atoms with Gasteiger partial charge in [0, 0.05) is 13.6 Å². The van der Waals surface area contributed by atoms with Crippen molar-refractivity contribution in [3.05, 3.63) is 60.2 Å². The molecule has 5 heteroatoms. The highest BCUT2D eigenvalue weighted by Gasteiger charge is 2.06. The minimum atomic E-state index is 0.197. The Morgan fingerprint density at radius 3 is 2.36 bits per heavy atom. The van der Waals surface area contributed by atoms with Crippen LogP contribution in [0.5, 0.6) is 11.5 Å². The minimum absolute atomic E-state index is 0.197. The van der Waals surface area contributed by atoms with Crippen LogP contribution in [0.1, 0.15) is 24.9 Å². The highest BCUT2D eigenvalue weighted by atomic mass is 16.5. The van der Waals surface area contributed by atoms with Crippen molar-refractivity contribution in [2.45, 2.75) is 19.4 Å². The molecule has 0 spiro atoms. The van der Waals surface area contributed by atoms with Gasteiger partial charge in [-0.05, 0) is 43.2 Å². The second-order valence-corrected chi connectivity index (χ2v) is 5.65. The van der Waals surface area contributed by atoms with E-state index in [0.717, 1.165) is 30.4 Å². The third kappa shape index (κ3) is 6.37. The molecule has 0 saturated heterocycles. The highest BCUT2D eigenvalue weighted by molar-refractivity contribution is 5.80. The molecular weight excluding hydrogens is 314 g/mol. The van der Waals surface area contributed by atoms with E-state index >= 15 is 0 Å². The van der Waals surface area contributed by atoms with E-state index in [1.807, 2.05) is 42.5 Å². The third-order valence-corrected chi connectivity index (χ3v) is 3.82. The van der Waals surface area contributed by atoms with E-state index in [1.165, 1.54) is 5.56 Å². The molecule has 1 unspecified atom stereocenters. The summed E-state index contributed by atoms with van der Waals surface area (Å²) in [6.07, 6.45) is 0.881. The van der Waals surface area contributed by atoms with Crippen molar-refractivity contribution in [3.63, 3.8) is 0 Å². The molecule has 2 aromatic rings. The van der Waals surface area contributed by atoms with E-state index < -0.39 is 0 Å². The van der Waals surface area contributed by atoms with Gasteiger partial charge < -0.3 is 20.1 Å². The molecule has 2 N–H and O–H groups in total. The molecule has 0 aliphatic rings. The average molecular weight is 341 g/mol. The molecular formula is C20H27N3O2. The van der Waals surface area contributed by atoms with Crippen molar-refractivity contribution in [2.75, 3.05) is 27.3 Å². The number of hydrogen-bond donors (Lipinski definition) is 2. The van der Waals surface area contributed by atoms with Gasteiger partial charge in [0.05, 0.1) is 19.8 Å². The second kappa shape index (κ2) is 10.2. The van der Waals surface area contributed by atoms with Gasteiger partial charge in [0.25, 0.3) is 0 Å². The highest BCUT2D eigenvalue weighted by Crippen LogP contribution is 2.17. The Hall–Kier alpha value is -2.69. The summed E-state index contributed by atoms with van der Waals surface area (Å²) in [5.41, 5.74) is 1.23.